The van der Waals surface area contributed by atoms with E-state index < -0.39 is 22.0 Å². The number of carbonyl (C=O) groups is 1. The van der Waals surface area contributed by atoms with E-state index in [1.54, 1.807) is 12.1 Å². The number of hydrogen-bond acceptors (Lipinski definition) is 3. The van der Waals surface area contributed by atoms with Crippen LogP contribution in [-0.2, 0) is 21.2 Å². The molecule has 5 nitrogen and oxygen atoms in total. The molecular formula is C15H21NO4S. The van der Waals surface area contributed by atoms with E-state index in [1.165, 1.54) is 4.31 Å². The minimum atomic E-state index is -3.61. The smallest absolute Gasteiger partial charge is 0.304 e. The van der Waals surface area contributed by atoms with Gasteiger partial charge in [0.2, 0.25) is 10.0 Å². The molecule has 21 heavy (non-hydrogen) atoms. The Labute approximate surface area is 125 Å². The molecule has 0 amide bonds. The van der Waals surface area contributed by atoms with Crippen LogP contribution in [0.1, 0.15) is 38.2 Å². The molecule has 2 rings (SSSR count). The summed E-state index contributed by atoms with van der Waals surface area (Å²) in [5.74, 6) is -0.955. The van der Waals surface area contributed by atoms with Crippen LogP contribution in [0.5, 0.6) is 0 Å². The second kappa shape index (κ2) is 6.58. The van der Waals surface area contributed by atoms with Crippen molar-refractivity contribution >= 4 is 16.0 Å². The van der Waals surface area contributed by atoms with Gasteiger partial charge in [-0.1, -0.05) is 25.5 Å². The normalized spacial score (nSPS) is 20.3. The fraction of sp³-hybridized carbons (Fsp3) is 0.533. The Bertz CT molecular complexity index is 595. The van der Waals surface area contributed by atoms with E-state index in [-0.39, 0.29) is 11.3 Å². The third-order valence-corrected chi connectivity index (χ3v) is 5.89. The number of aryl methyl sites for hydroxylation is 1. The maximum absolute atomic E-state index is 12.7. The second-order valence-corrected chi connectivity index (χ2v) is 7.25. The van der Waals surface area contributed by atoms with Gasteiger partial charge in [0.25, 0.3) is 0 Å². The van der Waals surface area contributed by atoms with Crippen LogP contribution in [0.4, 0.5) is 0 Å². The van der Waals surface area contributed by atoms with Crippen LogP contribution in [0.3, 0.4) is 0 Å². The third-order valence-electron chi connectivity index (χ3n) is 3.92. The quantitative estimate of drug-likeness (QED) is 0.905. The topological polar surface area (TPSA) is 74.7 Å². The third kappa shape index (κ3) is 3.63. The van der Waals surface area contributed by atoms with Gasteiger partial charge in [-0.15, -0.1) is 0 Å². The van der Waals surface area contributed by atoms with Gasteiger partial charge in [0.1, 0.15) is 0 Å². The zero-order valence-corrected chi connectivity index (χ0v) is 13.0. The lowest BCUT2D eigenvalue weighted by molar-refractivity contribution is -0.138. The first kappa shape index (κ1) is 16.0. The number of rotatable bonds is 5. The van der Waals surface area contributed by atoms with E-state index in [9.17, 15) is 13.2 Å². The molecule has 1 atom stereocenters. The number of sulfonamides is 1. The minimum Gasteiger partial charge on any atom is -0.481 e. The van der Waals surface area contributed by atoms with Crippen molar-refractivity contribution in [1.29, 1.82) is 0 Å². The van der Waals surface area contributed by atoms with Gasteiger partial charge in [-0.05, 0) is 37.0 Å². The molecule has 1 aliphatic heterocycles. The van der Waals surface area contributed by atoms with Crippen LogP contribution in [0, 0.1) is 0 Å². The number of benzene rings is 1. The Morgan fingerprint density at radius 3 is 2.52 bits per heavy atom. The van der Waals surface area contributed by atoms with Crippen molar-refractivity contribution in [3.63, 3.8) is 0 Å². The molecule has 1 fully saturated rings. The molecule has 0 aromatic heterocycles. The Kier molecular flexibility index (Phi) is 5.00. The van der Waals surface area contributed by atoms with Crippen molar-refractivity contribution in [1.82, 2.24) is 4.31 Å². The summed E-state index contributed by atoms with van der Waals surface area (Å²) in [7, 11) is -3.61. The van der Waals surface area contributed by atoms with Crippen LogP contribution < -0.4 is 0 Å². The van der Waals surface area contributed by atoms with Gasteiger partial charge in [0, 0.05) is 12.6 Å². The summed E-state index contributed by atoms with van der Waals surface area (Å²) in [6, 6.07) is 6.40. The van der Waals surface area contributed by atoms with Crippen molar-refractivity contribution < 1.29 is 18.3 Å². The molecule has 1 unspecified atom stereocenters. The monoisotopic (exact) mass is 311 g/mol. The maximum Gasteiger partial charge on any atom is 0.304 e. The largest absolute Gasteiger partial charge is 0.481 e. The number of nitrogens with zero attached hydrogens (tertiary/aromatic N) is 1. The summed E-state index contributed by atoms with van der Waals surface area (Å²) in [5.41, 5.74) is 1.08. The Balaban J connectivity index is 2.28. The molecule has 1 N–H and O–H groups in total. The van der Waals surface area contributed by atoms with Crippen LogP contribution in [0.25, 0.3) is 0 Å². The zero-order chi connectivity index (χ0) is 15.5. The number of carboxylic acid groups (broad SMARTS) is 1. The highest BCUT2D eigenvalue weighted by Crippen LogP contribution is 2.27. The average molecular weight is 311 g/mol. The summed E-state index contributed by atoms with van der Waals surface area (Å²) in [5, 5.41) is 8.97. The van der Waals surface area contributed by atoms with Gasteiger partial charge in [0.05, 0.1) is 11.3 Å². The number of carboxylic acids is 1. The molecule has 0 bridgehead atoms. The van der Waals surface area contributed by atoms with Gasteiger partial charge in [-0.2, -0.15) is 4.31 Å². The minimum absolute atomic E-state index is 0.133. The van der Waals surface area contributed by atoms with E-state index in [4.69, 9.17) is 5.11 Å². The van der Waals surface area contributed by atoms with E-state index in [0.717, 1.165) is 24.8 Å². The predicted octanol–water partition coefficient (Wildman–Crippen LogP) is 2.27. The Morgan fingerprint density at radius 1 is 1.29 bits per heavy atom. The van der Waals surface area contributed by atoms with Crippen LogP contribution in [0.2, 0.25) is 0 Å². The standard InChI is InChI=1S/C15H21NO4S/c1-2-12-6-8-14(9-7-12)21(19,20)16-10-4-3-5-13(16)11-15(17)18/h6-9,13H,2-5,10-11H2,1H3,(H,17,18). The van der Waals surface area contributed by atoms with E-state index in [1.807, 2.05) is 19.1 Å². The first-order valence-corrected chi connectivity index (χ1v) is 8.71. The zero-order valence-electron chi connectivity index (χ0n) is 12.2. The van der Waals surface area contributed by atoms with Crippen LogP contribution >= 0.6 is 0 Å². The molecular weight excluding hydrogens is 290 g/mol. The number of hydrogen-bond donors (Lipinski definition) is 1. The highest BCUT2D eigenvalue weighted by molar-refractivity contribution is 7.89. The van der Waals surface area contributed by atoms with Crippen molar-refractivity contribution in [2.75, 3.05) is 6.54 Å². The molecule has 0 aliphatic carbocycles. The first-order chi connectivity index (χ1) is 9.95. The highest BCUT2D eigenvalue weighted by Gasteiger charge is 2.34. The molecule has 1 saturated heterocycles. The summed E-state index contributed by atoms with van der Waals surface area (Å²) < 4.78 is 26.8. The van der Waals surface area contributed by atoms with Gasteiger partial charge in [-0.25, -0.2) is 8.42 Å². The van der Waals surface area contributed by atoms with Gasteiger partial charge >= 0.3 is 5.97 Å². The summed E-state index contributed by atoms with van der Waals surface area (Å²) in [6.07, 6.45) is 2.98. The number of aliphatic carboxylic acids is 1. The lowest BCUT2D eigenvalue weighted by atomic mass is 10.0. The molecule has 1 aliphatic rings. The Hall–Kier alpha value is -1.40. The SMILES string of the molecule is CCc1ccc(S(=O)(=O)N2CCCCC2CC(=O)O)cc1. The highest BCUT2D eigenvalue weighted by atomic mass is 32.2. The van der Waals surface area contributed by atoms with Gasteiger partial charge in [0.15, 0.2) is 0 Å². The number of piperidine rings is 1. The van der Waals surface area contributed by atoms with E-state index in [0.29, 0.717) is 13.0 Å². The maximum atomic E-state index is 12.7. The molecule has 6 heteroatoms. The first-order valence-electron chi connectivity index (χ1n) is 7.27. The predicted molar refractivity (Wildman–Crippen MR) is 79.6 cm³/mol. The van der Waals surface area contributed by atoms with Crippen LogP contribution in [0.15, 0.2) is 29.2 Å². The van der Waals surface area contributed by atoms with E-state index >= 15 is 0 Å². The summed E-state index contributed by atoms with van der Waals surface area (Å²) in [6.45, 7) is 2.41. The molecule has 1 heterocycles. The molecule has 1 aromatic rings. The lowest BCUT2D eigenvalue weighted by Gasteiger charge is -2.33. The van der Waals surface area contributed by atoms with Crippen molar-refractivity contribution in [2.24, 2.45) is 0 Å². The molecule has 0 saturated carbocycles. The molecule has 0 radical (unpaired) electrons. The van der Waals surface area contributed by atoms with Crippen molar-refractivity contribution in [3.05, 3.63) is 29.8 Å². The molecule has 0 spiro atoms. The molecule has 1 aromatic carbocycles. The summed E-state index contributed by atoms with van der Waals surface area (Å²) in [4.78, 5) is 11.2. The molecule has 116 valence electrons. The average Bonchev–Trinajstić information content (AvgIpc) is 2.47. The van der Waals surface area contributed by atoms with Gasteiger partial charge in [-0.3, -0.25) is 4.79 Å². The second-order valence-electron chi connectivity index (χ2n) is 5.36. The van der Waals surface area contributed by atoms with E-state index in [2.05, 4.69) is 0 Å². The fourth-order valence-corrected chi connectivity index (χ4v) is 4.42. The Morgan fingerprint density at radius 2 is 1.95 bits per heavy atom. The summed E-state index contributed by atoms with van der Waals surface area (Å²) >= 11 is 0. The fourth-order valence-electron chi connectivity index (χ4n) is 2.73. The lowest BCUT2D eigenvalue weighted by Crippen LogP contribution is -2.44. The van der Waals surface area contributed by atoms with Gasteiger partial charge < -0.3 is 5.11 Å². The van der Waals surface area contributed by atoms with Crippen LogP contribution in [-0.4, -0.2) is 36.4 Å². The van der Waals surface area contributed by atoms with Crippen molar-refractivity contribution in [2.45, 2.75) is 50.0 Å². The van der Waals surface area contributed by atoms with Crippen molar-refractivity contribution in [3.8, 4) is 0 Å².